The Morgan fingerprint density at radius 2 is 2.16 bits per heavy atom. The first kappa shape index (κ1) is 16.2. The van der Waals surface area contributed by atoms with E-state index in [1.807, 2.05) is 0 Å². The van der Waals surface area contributed by atoms with Gasteiger partial charge in [-0.2, -0.15) is 0 Å². The SMILES string of the molecule is Cl.NC1CCCC(C(=O)Nc2nnc(C(F)F)s2)C1. The minimum Gasteiger partial charge on any atom is -0.328 e. The predicted octanol–water partition coefficient (Wildman–Crippen LogP) is 2.35. The molecular weight excluding hydrogens is 298 g/mol. The molecule has 1 aliphatic carbocycles. The van der Waals surface area contributed by atoms with E-state index in [9.17, 15) is 13.6 Å². The number of hydrogen-bond donors (Lipinski definition) is 2. The van der Waals surface area contributed by atoms with Crippen LogP contribution in [0.4, 0.5) is 13.9 Å². The Balaban J connectivity index is 0.00000180. The van der Waals surface area contributed by atoms with Crippen LogP contribution < -0.4 is 11.1 Å². The monoisotopic (exact) mass is 312 g/mol. The molecule has 2 unspecified atom stereocenters. The molecule has 1 aromatic heterocycles. The van der Waals surface area contributed by atoms with Gasteiger partial charge >= 0.3 is 0 Å². The zero-order valence-electron chi connectivity index (χ0n) is 10.0. The van der Waals surface area contributed by atoms with E-state index in [0.717, 1.165) is 19.3 Å². The van der Waals surface area contributed by atoms with Crippen molar-refractivity contribution in [2.45, 2.75) is 38.2 Å². The van der Waals surface area contributed by atoms with Crippen molar-refractivity contribution in [1.29, 1.82) is 0 Å². The minimum absolute atomic E-state index is 0. The van der Waals surface area contributed by atoms with Crippen LogP contribution in [0, 0.1) is 5.92 Å². The van der Waals surface area contributed by atoms with Gasteiger partial charge in [0.05, 0.1) is 0 Å². The molecule has 0 bridgehead atoms. The molecule has 1 amide bonds. The maximum absolute atomic E-state index is 12.3. The smallest absolute Gasteiger partial charge is 0.291 e. The van der Waals surface area contributed by atoms with Crippen molar-refractivity contribution in [2.24, 2.45) is 11.7 Å². The highest BCUT2D eigenvalue weighted by molar-refractivity contribution is 7.15. The summed E-state index contributed by atoms with van der Waals surface area (Å²) < 4.78 is 24.6. The fourth-order valence-electron chi connectivity index (χ4n) is 2.05. The molecule has 1 aliphatic rings. The lowest BCUT2D eigenvalue weighted by molar-refractivity contribution is -0.120. The van der Waals surface area contributed by atoms with Gasteiger partial charge in [-0.3, -0.25) is 4.79 Å². The number of nitrogens with zero attached hydrogens (tertiary/aromatic N) is 2. The van der Waals surface area contributed by atoms with Crippen LogP contribution in [0.1, 0.15) is 37.1 Å². The lowest BCUT2D eigenvalue weighted by atomic mass is 9.86. The third-order valence-corrected chi connectivity index (χ3v) is 3.79. The third-order valence-electron chi connectivity index (χ3n) is 2.94. The van der Waals surface area contributed by atoms with Crippen molar-refractivity contribution < 1.29 is 13.6 Å². The second kappa shape index (κ2) is 7.06. The number of rotatable bonds is 3. The van der Waals surface area contributed by atoms with Gasteiger partial charge in [0, 0.05) is 12.0 Å². The fraction of sp³-hybridized carbons (Fsp3) is 0.700. The minimum atomic E-state index is -2.66. The summed E-state index contributed by atoms with van der Waals surface area (Å²) in [4.78, 5) is 11.9. The zero-order chi connectivity index (χ0) is 13.1. The van der Waals surface area contributed by atoms with E-state index in [2.05, 4.69) is 15.5 Å². The van der Waals surface area contributed by atoms with Crippen molar-refractivity contribution >= 4 is 34.8 Å². The number of hydrogen-bond acceptors (Lipinski definition) is 5. The Labute approximate surface area is 119 Å². The lowest BCUT2D eigenvalue weighted by Crippen LogP contribution is -2.34. The van der Waals surface area contributed by atoms with E-state index >= 15 is 0 Å². The Morgan fingerprint density at radius 1 is 1.42 bits per heavy atom. The fourth-order valence-corrected chi connectivity index (χ4v) is 2.65. The maximum Gasteiger partial charge on any atom is 0.291 e. The van der Waals surface area contributed by atoms with Crippen molar-refractivity contribution in [3.63, 3.8) is 0 Å². The highest BCUT2D eigenvalue weighted by Crippen LogP contribution is 2.27. The van der Waals surface area contributed by atoms with Crippen LogP contribution in [-0.4, -0.2) is 22.1 Å². The quantitative estimate of drug-likeness (QED) is 0.897. The van der Waals surface area contributed by atoms with E-state index in [1.54, 1.807) is 0 Å². The number of carbonyl (C=O) groups excluding carboxylic acids is 1. The first-order chi connectivity index (χ1) is 8.56. The summed E-state index contributed by atoms with van der Waals surface area (Å²) in [5.74, 6) is -0.366. The number of nitrogens with two attached hydrogens (primary N) is 1. The molecule has 0 aromatic carbocycles. The first-order valence-corrected chi connectivity index (χ1v) is 6.56. The first-order valence-electron chi connectivity index (χ1n) is 5.74. The van der Waals surface area contributed by atoms with Gasteiger partial charge in [-0.1, -0.05) is 17.8 Å². The molecule has 1 heterocycles. The molecule has 0 saturated heterocycles. The largest absolute Gasteiger partial charge is 0.328 e. The van der Waals surface area contributed by atoms with Gasteiger partial charge in [-0.15, -0.1) is 22.6 Å². The number of anilines is 1. The Bertz CT molecular complexity index is 431. The summed E-state index contributed by atoms with van der Waals surface area (Å²) in [7, 11) is 0. The van der Waals surface area contributed by atoms with E-state index in [-0.39, 0.29) is 40.4 Å². The number of amides is 1. The molecule has 2 atom stereocenters. The molecule has 0 spiro atoms. The predicted molar refractivity (Wildman–Crippen MR) is 70.7 cm³/mol. The molecule has 1 saturated carbocycles. The van der Waals surface area contributed by atoms with Crippen molar-refractivity contribution in [3.8, 4) is 0 Å². The van der Waals surface area contributed by atoms with Gasteiger partial charge in [0.2, 0.25) is 11.0 Å². The summed E-state index contributed by atoms with van der Waals surface area (Å²) in [5.41, 5.74) is 5.80. The molecule has 0 aliphatic heterocycles. The third kappa shape index (κ3) is 4.32. The molecule has 3 N–H and O–H groups in total. The second-order valence-electron chi connectivity index (χ2n) is 4.36. The van der Waals surface area contributed by atoms with Gasteiger partial charge in [-0.05, 0) is 19.3 Å². The lowest BCUT2D eigenvalue weighted by Gasteiger charge is -2.25. The molecule has 108 valence electrons. The molecule has 2 rings (SSSR count). The summed E-state index contributed by atoms with van der Waals surface area (Å²) in [6.45, 7) is 0. The Hall–Kier alpha value is -0.860. The van der Waals surface area contributed by atoms with Crippen LogP contribution in [0.3, 0.4) is 0 Å². The Kier molecular flexibility index (Phi) is 6.02. The second-order valence-corrected chi connectivity index (χ2v) is 5.37. The molecule has 5 nitrogen and oxygen atoms in total. The summed E-state index contributed by atoms with van der Waals surface area (Å²) in [6, 6.07) is 0.0422. The standard InChI is InChI=1S/C10H14F2N4OS.ClH/c11-7(12)9-15-16-10(18-9)14-8(17)5-2-1-3-6(13)4-5;/h5-7H,1-4,13H2,(H,14,16,17);1H. The summed E-state index contributed by atoms with van der Waals surface area (Å²) in [5, 5.41) is 9.09. The van der Waals surface area contributed by atoms with Gasteiger partial charge < -0.3 is 11.1 Å². The molecule has 0 radical (unpaired) electrons. The van der Waals surface area contributed by atoms with Crippen LogP contribution in [0.2, 0.25) is 0 Å². The van der Waals surface area contributed by atoms with Gasteiger partial charge in [0.1, 0.15) is 0 Å². The van der Waals surface area contributed by atoms with Crippen LogP contribution >= 0.6 is 23.7 Å². The number of alkyl halides is 2. The van der Waals surface area contributed by atoms with Crippen molar-refractivity contribution in [1.82, 2.24) is 10.2 Å². The molecule has 19 heavy (non-hydrogen) atoms. The average Bonchev–Trinajstić information content (AvgIpc) is 2.77. The molecule has 9 heteroatoms. The summed E-state index contributed by atoms with van der Waals surface area (Å²) >= 11 is 0.699. The number of nitrogens with one attached hydrogen (secondary N) is 1. The van der Waals surface area contributed by atoms with E-state index in [0.29, 0.717) is 17.8 Å². The average molecular weight is 313 g/mol. The van der Waals surface area contributed by atoms with Crippen molar-refractivity contribution in [2.75, 3.05) is 5.32 Å². The van der Waals surface area contributed by atoms with Gasteiger partial charge in [0.15, 0.2) is 5.01 Å². The van der Waals surface area contributed by atoms with Crippen LogP contribution in [0.25, 0.3) is 0 Å². The molecule has 1 fully saturated rings. The van der Waals surface area contributed by atoms with E-state index in [1.165, 1.54) is 0 Å². The summed E-state index contributed by atoms with van der Waals surface area (Å²) in [6.07, 6.45) is 0.596. The maximum atomic E-state index is 12.3. The highest BCUT2D eigenvalue weighted by Gasteiger charge is 2.26. The number of halogens is 3. The molecular formula is C10H15ClF2N4OS. The van der Waals surface area contributed by atoms with Gasteiger partial charge in [0.25, 0.3) is 6.43 Å². The van der Waals surface area contributed by atoms with Crippen LogP contribution in [0.15, 0.2) is 0 Å². The van der Waals surface area contributed by atoms with E-state index in [4.69, 9.17) is 5.73 Å². The normalized spacial score (nSPS) is 22.9. The highest BCUT2D eigenvalue weighted by atomic mass is 35.5. The Morgan fingerprint density at radius 3 is 2.74 bits per heavy atom. The van der Waals surface area contributed by atoms with Gasteiger partial charge in [-0.25, -0.2) is 8.78 Å². The van der Waals surface area contributed by atoms with E-state index < -0.39 is 6.43 Å². The zero-order valence-corrected chi connectivity index (χ0v) is 11.6. The van der Waals surface area contributed by atoms with Crippen LogP contribution in [-0.2, 0) is 4.79 Å². The number of aromatic nitrogens is 2. The number of carbonyl (C=O) groups is 1. The van der Waals surface area contributed by atoms with Crippen LogP contribution in [0.5, 0.6) is 0 Å². The van der Waals surface area contributed by atoms with Crippen molar-refractivity contribution in [3.05, 3.63) is 5.01 Å². The molecule has 1 aromatic rings. The topological polar surface area (TPSA) is 80.9 Å².